The fourth-order valence-corrected chi connectivity index (χ4v) is 3.10. The van der Waals surface area contributed by atoms with E-state index in [2.05, 4.69) is 22.0 Å². The zero-order valence-corrected chi connectivity index (χ0v) is 14.7. The van der Waals surface area contributed by atoms with Gasteiger partial charge in [0.25, 0.3) is 0 Å². The molecule has 0 bridgehead atoms. The number of nitrogen functional groups attached to an aromatic ring is 1. The van der Waals surface area contributed by atoms with Crippen molar-refractivity contribution in [2.24, 2.45) is 0 Å². The maximum Gasteiger partial charge on any atom is 0.193 e. The smallest absolute Gasteiger partial charge is 0.193 e. The third-order valence-electron chi connectivity index (χ3n) is 4.25. The summed E-state index contributed by atoms with van der Waals surface area (Å²) in [5.74, 6) is 0.0438. The van der Waals surface area contributed by atoms with E-state index in [0.717, 1.165) is 37.9 Å². The highest BCUT2D eigenvalue weighted by atomic mass is 79.9. The van der Waals surface area contributed by atoms with Gasteiger partial charge in [-0.05, 0) is 74.6 Å². The van der Waals surface area contributed by atoms with Crippen molar-refractivity contribution < 1.29 is 4.79 Å². The van der Waals surface area contributed by atoms with Crippen LogP contribution in [0.5, 0.6) is 0 Å². The molecule has 0 aliphatic carbocycles. The standard InChI is InChI=1S/C18H20BrNO/c1-9-6-10(2)12(4)17(11(9)3)18(21)15-7-14(19)8-16(20)13(15)5/h6-8H,20H2,1-5H3. The summed E-state index contributed by atoms with van der Waals surface area (Å²) in [4.78, 5) is 13.0. The molecule has 2 N–H and O–H groups in total. The molecule has 0 aromatic heterocycles. The summed E-state index contributed by atoms with van der Waals surface area (Å²) in [5, 5.41) is 0. The molecule has 2 nitrogen and oxygen atoms in total. The zero-order chi connectivity index (χ0) is 15.9. The Kier molecular flexibility index (Phi) is 4.24. The monoisotopic (exact) mass is 345 g/mol. The number of hydrogen-bond acceptors (Lipinski definition) is 2. The molecule has 0 saturated heterocycles. The highest BCUT2D eigenvalue weighted by Crippen LogP contribution is 2.29. The summed E-state index contributed by atoms with van der Waals surface area (Å²) in [6.45, 7) is 9.99. The van der Waals surface area contributed by atoms with E-state index in [1.807, 2.05) is 46.8 Å². The van der Waals surface area contributed by atoms with Crippen LogP contribution in [0, 0.1) is 34.6 Å². The molecule has 21 heavy (non-hydrogen) atoms. The second-order valence-corrected chi connectivity index (χ2v) is 6.55. The van der Waals surface area contributed by atoms with Crippen molar-refractivity contribution in [2.45, 2.75) is 34.6 Å². The van der Waals surface area contributed by atoms with Gasteiger partial charge in [0.05, 0.1) is 0 Å². The zero-order valence-electron chi connectivity index (χ0n) is 13.1. The minimum absolute atomic E-state index is 0.0438. The number of aryl methyl sites for hydroxylation is 2. The summed E-state index contributed by atoms with van der Waals surface area (Å²) >= 11 is 3.42. The van der Waals surface area contributed by atoms with Crippen molar-refractivity contribution in [3.05, 3.63) is 61.6 Å². The van der Waals surface area contributed by atoms with Crippen molar-refractivity contribution in [3.63, 3.8) is 0 Å². The summed E-state index contributed by atoms with van der Waals surface area (Å²) < 4.78 is 0.827. The maximum absolute atomic E-state index is 13.0. The molecule has 0 aliphatic rings. The van der Waals surface area contributed by atoms with Crippen LogP contribution in [0.3, 0.4) is 0 Å². The molecule has 0 spiro atoms. The lowest BCUT2D eigenvalue weighted by Crippen LogP contribution is -2.11. The van der Waals surface area contributed by atoms with Gasteiger partial charge in [-0.15, -0.1) is 0 Å². The molecule has 2 rings (SSSR count). The van der Waals surface area contributed by atoms with Gasteiger partial charge in [-0.3, -0.25) is 4.79 Å². The lowest BCUT2D eigenvalue weighted by molar-refractivity contribution is 0.103. The largest absolute Gasteiger partial charge is 0.398 e. The van der Waals surface area contributed by atoms with Gasteiger partial charge in [-0.25, -0.2) is 0 Å². The second kappa shape index (κ2) is 5.64. The minimum Gasteiger partial charge on any atom is -0.398 e. The van der Waals surface area contributed by atoms with E-state index in [-0.39, 0.29) is 5.78 Å². The van der Waals surface area contributed by atoms with E-state index < -0.39 is 0 Å². The number of rotatable bonds is 2. The molecule has 0 atom stereocenters. The van der Waals surface area contributed by atoms with Crippen LogP contribution in [0.4, 0.5) is 5.69 Å². The summed E-state index contributed by atoms with van der Waals surface area (Å²) in [5.41, 5.74) is 13.3. The Morgan fingerprint density at radius 2 is 1.43 bits per heavy atom. The number of carbonyl (C=O) groups excluding carboxylic acids is 1. The highest BCUT2D eigenvalue weighted by molar-refractivity contribution is 9.10. The van der Waals surface area contributed by atoms with Gasteiger partial charge in [-0.2, -0.15) is 0 Å². The SMILES string of the molecule is Cc1cc(C)c(C)c(C(=O)c2cc(Br)cc(N)c2C)c1C. The van der Waals surface area contributed by atoms with Crippen LogP contribution in [-0.2, 0) is 0 Å². The molecule has 0 unspecified atom stereocenters. The second-order valence-electron chi connectivity index (χ2n) is 5.63. The van der Waals surface area contributed by atoms with Crippen molar-refractivity contribution in [2.75, 3.05) is 5.73 Å². The molecule has 0 amide bonds. The average molecular weight is 346 g/mol. The molecule has 0 fully saturated rings. The van der Waals surface area contributed by atoms with E-state index >= 15 is 0 Å². The van der Waals surface area contributed by atoms with Gasteiger partial charge in [0, 0.05) is 21.3 Å². The van der Waals surface area contributed by atoms with Crippen LogP contribution < -0.4 is 5.73 Å². The van der Waals surface area contributed by atoms with Crippen molar-refractivity contribution in [1.82, 2.24) is 0 Å². The number of nitrogens with two attached hydrogens (primary N) is 1. The van der Waals surface area contributed by atoms with Crippen LogP contribution in [0.25, 0.3) is 0 Å². The van der Waals surface area contributed by atoms with Crippen LogP contribution in [-0.4, -0.2) is 5.78 Å². The van der Waals surface area contributed by atoms with E-state index in [1.165, 1.54) is 0 Å². The number of halogens is 1. The Hall–Kier alpha value is -1.61. The van der Waals surface area contributed by atoms with E-state index in [0.29, 0.717) is 11.3 Å². The summed E-state index contributed by atoms with van der Waals surface area (Å²) in [7, 11) is 0. The average Bonchev–Trinajstić information content (AvgIpc) is 2.40. The van der Waals surface area contributed by atoms with E-state index in [1.54, 1.807) is 0 Å². The predicted octanol–water partition coefficient (Wildman–Crippen LogP) is 4.80. The topological polar surface area (TPSA) is 43.1 Å². The molecule has 2 aromatic carbocycles. The minimum atomic E-state index is 0.0438. The lowest BCUT2D eigenvalue weighted by Gasteiger charge is -2.16. The Bertz CT molecular complexity index is 721. The molecular weight excluding hydrogens is 326 g/mol. The predicted molar refractivity (Wildman–Crippen MR) is 92.1 cm³/mol. The van der Waals surface area contributed by atoms with Crippen molar-refractivity contribution in [1.29, 1.82) is 0 Å². The molecule has 0 saturated carbocycles. The molecule has 0 aliphatic heterocycles. The van der Waals surface area contributed by atoms with Crippen LogP contribution >= 0.6 is 15.9 Å². The normalized spacial score (nSPS) is 10.8. The first-order valence-electron chi connectivity index (χ1n) is 6.91. The Balaban J connectivity index is 2.72. The first-order valence-corrected chi connectivity index (χ1v) is 7.71. The van der Waals surface area contributed by atoms with Gasteiger partial charge in [0.2, 0.25) is 0 Å². The van der Waals surface area contributed by atoms with Gasteiger partial charge < -0.3 is 5.73 Å². The van der Waals surface area contributed by atoms with Crippen LogP contribution in [0.2, 0.25) is 0 Å². The number of benzene rings is 2. The molecule has 2 aromatic rings. The molecule has 0 heterocycles. The Morgan fingerprint density at radius 1 is 0.905 bits per heavy atom. The summed E-state index contributed by atoms with van der Waals surface area (Å²) in [6, 6.07) is 5.81. The van der Waals surface area contributed by atoms with Crippen LogP contribution in [0.1, 0.15) is 43.7 Å². The first-order chi connectivity index (χ1) is 9.73. The molecular formula is C18H20BrNO. The van der Waals surface area contributed by atoms with Gasteiger partial charge in [0.1, 0.15) is 0 Å². The summed E-state index contributed by atoms with van der Waals surface area (Å²) in [6.07, 6.45) is 0. The highest BCUT2D eigenvalue weighted by Gasteiger charge is 2.20. The molecule has 0 radical (unpaired) electrons. The fraction of sp³-hybridized carbons (Fsp3) is 0.278. The fourth-order valence-electron chi connectivity index (χ4n) is 2.63. The number of hydrogen-bond donors (Lipinski definition) is 1. The third kappa shape index (κ3) is 2.75. The first kappa shape index (κ1) is 15.8. The van der Waals surface area contributed by atoms with Crippen molar-refractivity contribution >= 4 is 27.4 Å². The van der Waals surface area contributed by atoms with Gasteiger partial charge in [0.15, 0.2) is 5.78 Å². The number of anilines is 1. The van der Waals surface area contributed by atoms with E-state index in [9.17, 15) is 4.79 Å². The Morgan fingerprint density at radius 3 is 1.95 bits per heavy atom. The van der Waals surface area contributed by atoms with E-state index in [4.69, 9.17) is 5.73 Å². The Labute approximate surface area is 134 Å². The maximum atomic E-state index is 13.0. The van der Waals surface area contributed by atoms with Crippen LogP contribution in [0.15, 0.2) is 22.7 Å². The quantitative estimate of drug-likeness (QED) is 0.627. The molecule has 110 valence electrons. The number of carbonyl (C=O) groups is 1. The number of ketones is 1. The van der Waals surface area contributed by atoms with Gasteiger partial charge in [-0.1, -0.05) is 22.0 Å². The molecule has 3 heteroatoms. The lowest BCUT2D eigenvalue weighted by atomic mass is 9.88. The van der Waals surface area contributed by atoms with Crippen molar-refractivity contribution in [3.8, 4) is 0 Å². The van der Waals surface area contributed by atoms with Gasteiger partial charge >= 0.3 is 0 Å². The third-order valence-corrected chi connectivity index (χ3v) is 4.71.